The summed E-state index contributed by atoms with van der Waals surface area (Å²) in [5.74, 6) is -0.398. The number of benzene rings is 1. The number of halogens is 3. The highest BCUT2D eigenvalue weighted by atomic mass is 19.4. The Morgan fingerprint density at radius 1 is 1.06 bits per heavy atom. The number of amides is 2. The van der Waals surface area contributed by atoms with Gasteiger partial charge in [0.05, 0.1) is 24.3 Å². The Morgan fingerprint density at radius 3 is 2.35 bits per heavy atom. The molecule has 1 heterocycles. The van der Waals surface area contributed by atoms with Crippen LogP contribution in [0.1, 0.15) is 37.7 Å². The third kappa shape index (κ3) is 6.67. The van der Waals surface area contributed by atoms with Gasteiger partial charge in [-0.3, -0.25) is 19.4 Å². The van der Waals surface area contributed by atoms with Crippen molar-refractivity contribution in [2.75, 3.05) is 51.6 Å². The van der Waals surface area contributed by atoms with Gasteiger partial charge in [0.1, 0.15) is 0 Å². The molecule has 0 aromatic heterocycles. The maximum Gasteiger partial charge on any atom is 0.418 e. The molecule has 0 atom stereocenters. The molecule has 0 bridgehead atoms. The third-order valence-electron chi connectivity index (χ3n) is 6.18. The van der Waals surface area contributed by atoms with Crippen molar-refractivity contribution in [2.24, 2.45) is 0 Å². The molecule has 0 radical (unpaired) electrons. The average molecular weight is 441 g/mol. The summed E-state index contributed by atoms with van der Waals surface area (Å²) >= 11 is 0. The summed E-state index contributed by atoms with van der Waals surface area (Å²) in [5.41, 5.74) is -1.10. The fourth-order valence-corrected chi connectivity index (χ4v) is 4.35. The lowest BCUT2D eigenvalue weighted by Gasteiger charge is -2.36. The van der Waals surface area contributed by atoms with E-state index in [1.165, 1.54) is 37.5 Å². The first kappa shape index (κ1) is 23.5. The molecule has 31 heavy (non-hydrogen) atoms. The van der Waals surface area contributed by atoms with E-state index in [0.29, 0.717) is 38.8 Å². The molecule has 3 rings (SSSR count). The van der Waals surface area contributed by atoms with Crippen LogP contribution in [0.25, 0.3) is 0 Å². The monoisotopic (exact) mass is 440 g/mol. The summed E-state index contributed by atoms with van der Waals surface area (Å²) in [6, 6.07) is 5.42. The molecule has 1 saturated heterocycles. The average Bonchev–Trinajstić information content (AvgIpc) is 2.74. The molecule has 1 aromatic carbocycles. The van der Waals surface area contributed by atoms with Gasteiger partial charge in [-0.25, -0.2) is 0 Å². The second-order valence-electron chi connectivity index (χ2n) is 8.46. The number of piperazine rings is 1. The van der Waals surface area contributed by atoms with Crippen LogP contribution in [-0.2, 0) is 15.8 Å². The van der Waals surface area contributed by atoms with Crippen LogP contribution >= 0.6 is 0 Å². The zero-order chi connectivity index (χ0) is 22.4. The first-order valence-electron chi connectivity index (χ1n) is 10.9. The molecule has 6 nitrogen and oxygen atoms in total. The number of nitrogens with zero attached hydrogens (tertiary/aromatic N) is 3. The number of anilines is 1. The lowest BCUT2D eigenvalue weighted by molar-refractivity contribution is -0.137. The Morgan fingerprint density at radius 2 is 1.71 bits per heavy atom. The van der Waals surface area contributed by atoms with Gasteiger partial charge < -0.3 is 10.2 Å². The lowest BCUT2D eigenvalue weighted by atomic mass is 9.94. The number of hydrogen-bond donors (Lipinski definition) is 1. The standard InChI is InChI=1S/C22H31F3N4O2/c1-27(17-7-3-2-4-8-17)16-21(31)29-13-11-28(12-14-29)15-20(30)26-19-10-6-5-9-18(19)22(23,24)25/h5-6,9-10,17H,2-4,7-8,11-16H2,1H3,(H,26,30). The number of para-hydroxylation sites is 1. The fourth-order valence-electron chi connectivity index (χ4n) is 4.35. The number of alkyl halides is 3. The second-order valence-corrected chi connectivity index (χ2v) is 8.46. The van der Waals surface area contributed by atoms with Gasteiger partial charge in [-0.2, -0.15) is 13.2 Å². The molecule has 0 unspecified atom stereocenters. The Bertz CT molecular complexity index is 757. The minimum absolute atomic E-state index is 0.00377. The van der Waals surface area contributed by atoms with Crippen LogP contribution in [0.3, 0.4) is 0 Å². The normalized spacial score (nSPS) is 18.9. The van der Waals surface area contributed by atoms with Crippen LogP contribution in [0.15, 0.2) is 24.3 Å². The number of carbonyl (C=O) groups excluding carboxylic acids is 2. The minimum atomic E-state index is -4.53. The first-order valence-corrected chi connectivity index (χ1v) is 10.9. The molecule has 1 N–H and O–H groups in total. The van der Waals surface area contributed by atoms with Crippen LogP contribution in [0.5, 0.6) is 0 Å². The number of carbonyl (C=O) groups is 2. The van der Waals surface area contributed by atoms with Crippen LogP contribution < -0.4 is 5.32 Å². The van der Waals surface area contributed by atoms with Crippen molar-refractivity contribution in [2.45, 2.75) is 44.3 Å². The van der Waals surface area contributed by atoms with Crippen molar-refractivity contribution >= 4 is 17.5 Å². The molecule has 2 aliphatic rings. The van der Waals surface area contributed by atoms with E-state index in [9.17, 15) is 22.8 Å². The van der Waals surface area contributed by atoms with Gasteiger partial charge in [-0.15, -0.1) is 0 Å². The van der Waals surface area contributed by atoms with Gasteiger partial charge in [0.25, 0.3) is 0 Å². The lowest BCUT2D eigenvalue weighted by Crippen LogP contribution is -2.53. The van der Waals surface area contributed by atoms with Gasteiger partial charge in [0.2, 0.25) is 11.8 Å². The van der Waals surface area contributed by atoms with E-state index in [1.807, 2.05) is 16.8 Å². The van der Waals surface area contributed by atoms with E-state index in [4.69, 9.17) is 0 Å². The van der Waals surface area contributed by atoms with Crippen LogP contribution in [-0.4, -0.2) is 78.9 Å². The highest BCUT2D eigenvalue weighted by molar-refractivity contribution is 5.93. The summed E-state index contributed by atoms with van der Waals surface area (Å²) in [5, 5.41) is 2.37. The van der Waals surface area contributed by atoms with E-state index in [0.717, 1.165) is 18.9 Å². The molecule has 1 saturated carbocycles. The van der Waals surface area contributed by atoms with E-state index >= 15 is 0 Å². The van der Waals surface area contributed by atoms with Crippen molar-refractivity contribution in [1.82, 2.24) is 14.7 Å². The Kier molecular flexibility index (Phi) is 7.94. The predicted octanol–water partition coefficient (Wildman–Crippen LogP) is 3.05. The first-order chi connectivity index (χ1) is 14.7. The van der Waals surface area contributed by atoms with Crippen molar-refractivity contribution in [3.8, 4) is 0 Å². The van der Waals surface area contributed by atoms with Gasteiger partial charge in [-0.1, -0.05) is 31.4 Å². The molecule has 1 aliphatic carbocycles. The summed E-state index contributed by atoms with van der Waals surface area (Å²) in [6.45, 7) is 2.48. The molecule has 1 aliphatic heterocycles. The van der Waals surface area contributed by atoms with Crippen molar-refractivity contribution in [1.29, 1.82) is 0 Å². The Balaban J connectivity index is 1.44. The third-order valence-corrected chi connectivity index (χ3v) is 6.18. The number of nitrogens with one attached hydrogen (secondary N) is 1. The van der Waals surface area contributed by atoms with Gasteiger partial charge >= 0.3 is 6.18 Å². The van der Waals surface area contributed by atoms with Gasteiger partial charge in [0, 0.05) is 32.2 Å². The van der Waals surface area contributed by atoms with E-state index < -0.39 is 17.6 Å². The highest BCUT2D eigenvalue weighted by Gasteiger charge is 2.33. The number of likely N-dealkylation sites (N-methyl/N-ethyl adjacent to an activating group) is 1. The van der Waals surface area contributed by atoms with Crippen molar-refractivity contribution in [3.63, 3.8) is 0 Å². The predicted molar refractivity (Wildman–Crippen MR) is 113 cm³/mol. The maximum atomic E-state index is 13.1. The van der Waals surface area contributed by atoms with Gasteiger partial charge in [-0.05, 0) is 32.0 Å². The molecule has 9 heteroatoms. The fraction of sp³-hybridized carbons (Fsp3) is 0.636. The zero-order valence-electron chi connectivity index (χ0n) is 18.0. The highest BCUT2D eigenvalue weighted by Crippen LogP contribution is 2.34. The van der Waals surface area contributed by atoms with Crippen molar-refractivity contribution < 1.29 is 22.8 Å². The summed E-state index contributed by atoms with van der Waals surface area (Å²) < 4.78 is 39.2. The zero-order valence-corrected chi connectivity index (χ0v) is 18.0. The largest absolute Gasteiger partial charge is 0.418 e. The SMILES string of the molecule is CN(CC(=O)N1CCN(CC(=O)Nc2ccccc2C(F)(F)F)CC1)C1CCCCC1. The van der Waals surface area contributed by atoms with E-state index in [1.54, 1.807) is 0 Å². The Hall–Kier alpha value is -2.13. The summed E-state index contributed by atoms with van der Waals surface area (Å²) in [6.07, 6.45) is 1.47. The molecule has 2 amide bonds. The van der Waals surface area contributed by atoms with Crippen LogP contribution in [0, 0.1) is 0 Å². The minimum Gasteiger partial charge on any atom is -0.339 e. The molecule has 0 spiro atoms. The van der Waals surface area contributed by atoms with Gasteiger partial charge in [0.15, 0.2) is 0 Å². The van der Waals surface area contributed by atoms with E-state index in [-0.39, 0.29) is 18.1 Å². The van der Waals surface area contributed by atoms with Crippen LogP contribution in [0.4, 0.5) is 18.9 Å². The quantitative estimate of drug-likeness (QED) is 0.739. The topological polar surface area (TPSA) is 55.9 Å². The summed E-state index contributed by atoms with van der Waals surface area (Å²) in [7, 11) is 2.01. The summed E-state index contributed by atoms with van der Waals surface area (Å²) in [4.78, 5) is 30.7. The second kappa shape index (κ2) is 10.5. The number of hydrogen-bond acceptors (Lipinski definition) is 4. The maximum absolute atomic E-state index is 13.1. The number of rotatable bonds is 6. The molecule has 1 aromatic rings. The van der Waals surface area contributed by atoms with Crippen LogP contribution in [0.2, 0.25) is 0 Å². The van der Waals surface area contributed by atoms with Crippen molar-refractivity contribution in [3.05, 3.63) is 29.8 Å². The molecular formula is C22H31F3N4O2. The molecule has 2 fully saturated rings. The van der Waals surface area contributed by atoms with E-state index in [2.05, 4.69) is 10.2 Å². The Labute approximate surface area is 181 Å². The smallest absolute Gasteiger partial charge is 0.339 e. The molecular weight excluding hydrogens is 409 g/mol. The molecule has 172 valence electrons.